The van der Waals surface area contributed by atoms with Crippen molar-refractivity contribution in [2.24, 2.45) is 0 Å². The van der Waals surface area contributed by atoms with Crippen LogP contribution in [0.25, 0.3) is 0 Å². The molecule has 2 unspecified atom stereocenters. The average molecular weight is 236 g/mol. The van der Waals surface area contributed by atoms with Gasteiger partial charge in [-0.2, -0.15) is 5.10 Å². The molecule has 0 aromatic carbocycles. The number of nitrogens with zero attached hydrogens (tertiary/aromatic N) is 1. The molecule has 0 spiro atoms. The molecule has 12 heavy (non-hydrogen) atoms. The van der Waals surface area contributed by atoms with Crippen LogP contribution in [0.2, 0.25) is 0 Å². The second-order valence-corrected chi connectivity index (χ2v) is 3.05. The Morgan fingerprint density at radius 1 is 1.67 bits per heavy atom. The van der Waals surface area contributed by atoms with Crippen LogP contribution in [0.4, 0.5) is 5.82 Å². The van der Waals surface area contributed by atoms with Gasteiger partial charge in [0.1, 0.15) is 11.9 Å². The third-order valence-electron chi connectivity index (χ3n) is 1.54. The van der Waals surface area contributed by atoms with Crippen molar-refractivity contribution in [2.75, 3.05) is 11.1 Å². The first kappa shape index (κ1) is 9.50. The maximum absolute atomic E-state index is 9.44. The molecule has 1 aromatic rings. The number of nitrogen functional groups attached to an aromatic ring is 1. The lowest BCUT2D eigenvalue weighted by molar-refractivity contribution is 0.0347. The quantitative estimate of drug-likeness (QED) is 0.545. The van der Waals surface area contributed by atoms with Crippen LogP contribution in [-0.2, 0) is 0 Å². The molecule has 5 N–H and O–H groups in total. The minimum atomic E-state index is -0.997. The van der Waals surface area contributed by atoms with Gasteiger partial charge in [-0.15, -0.1) is 0 Å². The van der Waals surface area contributed by atoms with Gasteiger partial charge < -0.3 is 15.9 Å². The first-order valence-corrected chi connectivity index (χ1v) is 4.49. The van der Waals surface area contributed by atoms with Crippen LogP contribution in [0.15, 0.2) is 6.20 Å². The van der Waals surface area contributed by atoms with Crippen molar-refractivity contribution < 1.29 is 10.2 Å². The highest BCUT2D eigenvalue weighted by atomic mass is 79.9. The number of nitrogens with two attached hydrogens (primary N) is 1. The lowest BCUT2D eigenvalue weighted by Gasteiger charge is -2.13. The highest BCUT2D eigenvalue weighted by Crippen LogP contribution is 2.21. The number of aromatic nitrogens is 2. The van der Waals surface area contributed by atoms with Crippen molar-refractivity contribution >= 4 is 21.7 Å². The smallest absolute Gasteiger partial charge is 0.124 e. The molecule has 5 nitrogen and oxygen atoms in total. The van der Waals surface area contributed by atoms with Crippen molar-refractivity contribution in [3.8, 4) is 0 Å². The SMILES string of the molecule is Nc1[nH]ncc1C(O)C(O)CBr. The molecule has 0 fully saturated rings. The van der Waals surface area contributed by atoms with Gasteiger partial charge >= 0.3 is 0 Å². The number of halogens is 1. The molecule has 0 aliphatic heterocycles. The van der Waals surface area contributed by atoms with Gasteiger partial charge in [0, 0.05) is 10.9 Å². The minimum absolute atomic E-state index is 0.280. The molecule has 1 rings (SSSR count). The Labute approximate surface area is 77.7 Å². The van der Waals surface area contributed by atoms with Gasteiger partial charge in [0.2, 0.25) is 0 Å². The number of hydrogen-bond donors (Lipinski definition) is 4. The summed E-state index contributed by atoms with van der Waals surface area (Å²) in [4.78, 5) is 0. The van der Waals surface area contributed by atoms with Crippen LogP contribution < -0.4 is 5.73 Å². The van der Waals surface area contributed by atoms with E-state index in [1.54, 1.807) is 0 Å². The second kappa shape index (κ2) is 3.88. The predicted octanol–water partition coefficient (Wildman–Crippen LogP) is -0.219. The lowest BCUT2D eigenvalue weighted by atomic mass is 10.1. The Morgan fingerprint density at radius 2 is 2.33 bits per heavy atom. The molecule has 2 atom stereocenters. The molecule has 0 radical (unpaired) electrons. The second-order valence-electron chi connectivity index (χ2n) is 2.41. The van der Waals surface area contributed by atoms with E-state index in [0.717, 1.165) is 0 Å². The highest BCUT2D eigenvalue weighted by Gasteiger charge is 2.20. The molecular formula is C6H10BrN3O2. The molecule has 1 heterocycles. The fourth-order valence-electron chi connectivity index (χ4n) is 0.833. The third kappa shape index (κ3) is 1.77. The topological polar surface area (TPSA) is 95.2 Å². The van der Waals surface area contributed by atoms with Crippen LogP contribution in [0.3, 0.4) is 0 Å². The predicted molar refractivity (Wildman–Crippen MR) is 47.8 cm³/mol. The van der Waals surface area contributed by atoms with Crippen LogP contribution in [0.5, 0.6) is 0 Å². The van der Waals surface area contributed by atoms with Crippen molar-refractivity contribution in [3.63, 3.8) is 0 Å². The fraction of sp³-hybridized carbons (Fsp3) is 0.500. The third-order valence-corrected chi connectivity index (χ3v) is 2.20. The Balaban J connectivity index is 2.77. The van der Waals surface area contributed by atoms with E-state index in [4.69, 9.17) is 5.73 Å². The van der Waals surface area contributed by atoms with Gasteiger partial charge in [-0.05, 0) is 0 Å². The summed E-state index contributed by atoms with van der Waals surface area (Å²) < 4.78 is 0. The van der Waals surface area contributed by atoms with Crippen LogP contribution in [-0.4, -0.2) is 31.8 Å². The first-order chi connectivity index (χ1) is 5.66. The number of nitrogens with one attached hydrogen (secondary N) is 1. The van der Waals surface area contributed by atoms with E-state index in [1.807, 2.05) is 0 Å². The van der Waals surface area contributed by atoms with Crippen molar-refractivity contribution in [2.45, 2.75) is 12.2 Å². The number of aromatic amines is 1. The summed E-state index contributed by atoms with van der Waals surface area (Å²) in [7, 11) is 0. The van der Waals surface area contributed by atoms with Crippen molar-refractivity contribution in [3.05, 3.63) is 11.8 Å². The van der Waals surface area contributed by atoms with Crippen LogP contribution >= 0.6 is 15.9 Å². The van der Waals surface area contributed by atoms with Gasteiger partial charge in [-0.3, -0.25) is 5.10 Å². The maximum atomic E-state index is 9.44. The van der Waals surface area contributed by atoms with Crippen molar-refractivity contribution in [1.29, 1.82) is 0 Å². The maximum Gasteiger partial charge on any atom is 0.124 e. The molecule has 0 saturated heterocycles. The highest BCUT2D eigenvalue weighted by molar-refractivity contribution is 9.09. The number of H-pyrrole nitrogens is 1. The van der Waals surface area contributed by atoms with E-state index >= 15 is 0 Å². The minimum Gasteiger partial charge on any atom is -0.389 e. The van der Waals surface area contributed by atoms with Crippen LogP contribution in [0, 0.1) is 0 Å². The Morgan fingerprint density at radius 3 is 2.75 bits per heavy atom. The van der Waals surface area contributed by atoms with Crippen molar-refractivity contribution in [1.82, 2.24) is 10.2 Å². The molecule has 0 aliphatic carbocycles. The van der Waals surface area contributed by atoms with E-state index in [9.17, 15) is 10.2 Å². The molecule has 0 bridgehead atoms. The number of hydrogen-bond acceptors (Lipinski definition) is 4. The molecule has 0 aliphatic rings. The zero-order chi connectivity index (χ0) is 9.14. The van der Waals surface area contributed by atoms with E-state index < -0.39 is 12.2 Å². The Kier molecular flexibility index (Phi) is 3.07. The molecule has 68 valence electrons. The number of aliphatic hydroxyl groups excluding tert-OH is 2. The molecule has 6 heteroatoms. The largest absolute Gasteiger partial charge is 0.389 e. The summed E-state index contributed by atoms with van der Waals surface area (Å²) >= 11 is 3.04. The summed E-state index contributed by atoms with van der Waals surface area (Å²) in [5.74, 6) is 0.280. The number of anilines is 1. The molecule has 1 aromatic heterocycles. The van der Waals surface area contributed by atoms with E-state index in [0.29, 0.717) is 10.9 Å². The Hall–Kier alpha value is -0.590. The van der Waals surface area contributed by atoms with E-state index in [1.165, 1.54) is 6.20 Å². The zero-order valence-electron chi connectivity index (χ0n) is 6.24. The van der Waals surface area contributed by atoms with Gasteiger partial charge in [0.05, 0.1) is 12.3 Å². The van der Waals surface area contributed by atoms with Crippen LogP contribution in [0.1, 0.15) is 11.7 Å². The molecular weight excluding hydrogens is 226 g/mol. The molecule has 0 saturated carbocycles. The summed E-state index contributed by atoms with van der Waals surface area (Å²) in [6, 6.07) is 0. The summed E-state index contributed by atoms with van der Waals surface area (Å²) in [6.45, 7) is 0. The summed E-state index contributed by atoms with van der Waals surface area (Å²) in [6.07, 6.45) is -0.473. The average Bonchev–Trinajstić information content (AvgIpc) is 2.48. The molecule has 0 amide bonds. The van der Waals surface area contributed by atoms with E-state index in [-0.39, 0.29) is 5.82 Å². The monoisotopic (exact) mass is 235 g/mol. The van der Waals surface area contributed by atoms with Gasteiger partial charge in [0.15, 0.2) is 0 Å². The normalized spacial score (nSPS) is 15.9. The lowest BCUT2D eigenvalue weighted by Crippen LogP contribution is -2.19. The van der Waals surface area contributed by atoms with Gasteiger partial charge in [-0.25, -0.2) is 0 Å². The number of rotatable bonds is 3. The first-order valence-electron chi connectivity index (χ1n) is 3.37. The number of aliphatic hydroxyl groups is 2. The summed E-state index contributed by atoms with van der Waals surface area (Å²) in [5, 5.41) is 25.1. The standard InChI is InChI=1S/C6H10BrN3O2/c7-1-4(11)5(12)3-2-9-10-6(3)8/h2,4-5,11-12H,1H2,(H3,8,9,10). The van der Waals surface area contributed by atoms with E-state index in [2.05, 4.69) is 26.1 Å². The Bertz CT molecular complexity index is 253. The van der Waals surface area contributed by atoms with Gasteiger partial charge in [0.25, 0.3) is 0 Å². The zero-order valence-corrected chi connectivity index (χ0v) is 7.82. The fourth-order valence-corrected chi connectivity index (χ4v) is 1.19. The summed E-state index contributed by atoms with van der Waals surface area (Å²) in [5.41, 5.74) is 5.85. The van der Waals surface area contributed by atoms with Gasteiger partial charge in [-0.1, -0.05) is 15.9 Å². The number of alkyl halides is 1.